The quantitative estimate of drug-likeness (QED) is 0.400. The summed E-state index contributed by atoms with van der Waals surface area (Å²) in [7, 11) is 1.95. The van der Waals surface area contributed by atoms with Crippen LogP contribution >= 0.6 is 24.2 Å². The zero-order valence-corrected chi connectivity index (χ0v) is 18.7. The zero-order valence-electron chi connectivity index (χ0n) is 17.0. The number of oxazole rings is 1. The van der Waals surface area contributed by atoms with Crippen molar-refractivity contribution in [3.63, 3.8) is 0 Å². The zero-order chi connectivity index (χ0) is 20.0. The van der Waals surface area contributed by atoms with E-state index in [0.29, 0.717) is 17.5 Å². The van der Waals surface area contributed by atoms with E-state index in [1.807, 2.05) is 24.6 Å². The van der Waals surface area contributed by atoms with Crippen molar-refractivity contribution >= 4 is 24.2 Å². The Morgan fingerprint density at radius 1 is 1.33 bits per heavy atom. The number of benzene rings is 1. The highest BCUT2D eigenvalue weighted by molar-refractivity contribution is 7.99. The van der Waals surface area contributed by atoms with Gasteiger partial charge in [0.15, 0.2) is 17.3 Å². The number of aromatic nitrogens is 4. The van der Waals surface area contributed by atoms with E-state index in [-0.39, 0.29) is 23.6 Å². The van der Waals surface area contributed by atoms with E-state index >= 15 is 0 Å². The van der Waals surface area contributed by atoms with Crippen molar-refractivity contribution in [1.29, 1.82) is 0 Å². The minimum absolute atomic E-state index is 0. The lowest BCUT2D eigenvalue weighted by molar-refractivity contribution is 0.299. The van der Waals surface area contributed by atoms with Crippen LogP contribution in [0.1, 0.15) is 24.1 Å². The molecule has 0 bridgehead atoms. The van der Waals surface area contributed by atoms with Crippen LogP contribution in [0.15, 0.2) is 40.2 Å². The average molecular weight is 450 g/mol. The van der Waals surface area contributed by atoms with Crippen molar-refractivity contribution in [2.75, 3.05) is 25.4 Å². The van der Waals surface area contributed by atoms with E-state index in [1.165, 1.54) is 24.4 Å². The first kappa shape index (κ1) is 21.3. The fraction of sp³-hybridized carbons (Fsp3) is 0.476. The van der Waals surface area contributed by atoms with Crippen molar-refractivity contribution in [3.05, 3.63) is 47.7 Å². The first-order valence-electron chi connectivity index (χ1n) is 9.98. The van der Waals surface area contributed by atoms with Crippen LogP contribution in [-0.4, -0.2) is 50.0 Å². The van der Waals surface area contributed by atoms with Crippen LogP contribution in [0.4, 0.5) is 4.39 Å². The topological polar surface area (TPSA) is 60.0 Å². The van der Waals surface area contributed by atoms with Gasteiger partial charge >= 0.3 is 0 Å². The Bertz CT molecular complexity index is 1040. The van der Waals surface area contributed by atoms with Gasteiger partial charge in [0.05, 0.1) is 5.69 Å². The molecule has 2 atom stereocenters. The second-order valence-corrected chi connectivity index (χ2v) is 9.20. The fourth-order valence-electron chi connectivity index (χ4n) is 4.61. The summed E-state index contributed by atoms with van der Waals surface area (Å²) in [5, 5.41) is 9.44. The summed E-state index contributed by atoms with van der Waals surface area (Å²) < 4.78 is 21.0. The second-order valence-electron chi connectivity index (χ2n) is 8.14. The van der Waals surface area contributed by atoms with Crippen LogP contribution in [0.3, 0.4) is 0 Å². The summed E-state index contributed by atoms with van der Waals surface area (Å²) in [6.07, 6.45) is 3.72. The van der Waals surface area contributed by atoms with E-state index in [2.05, 4.69) is 26.1 Å². The molecule has 2 fully saturated rings. The Morgan fingerprint density at radius 2 is 2.20 bits per heavy atom. The van der Waals surface area contributed by atoms with Gasteiger partial charge in [-0.15, -0.1) is 22.6 Å². The molecule has 1 aliphatic carbocycles. The van der Waals surface area contributed by atoms with Gasteiger partial charge in [0.1, 0.15) is 5.82 Å². The number of hydrogen-bond donors (Lipinski definition) is 0. The van der Waals surface area contributed by atoms with Crippen molar-refractivity contribution in [2.45, 2.75) is 30.3 Å². The van der Waals surface area contributed by atoms with Gasteiger partial charge in [-0.2, -0.15) is 0 Å². The lowest BCUT2D eigenvalue weighted by Gasteiger charge is -2.21. The number of piperidine rings is 1. The predicted molar refractivity (Wildman–Crippen MR) is 116 cm³/mol. The molecule has 0 radical (unpaired) electrons. The maximum absolute atomic E-state index is 13.6. The van der Waals surface area contributed by atoms with Gasteiger partial charge in [-0.25, -0.2) is 9.37 Å². The van der Waals surface area contributed by atoms with E-state index in [4.69, 9.17) is 4.42 Å². The summed E-state index contributed by atoms with van der Waals surface area (Å²) >= 11 is 1.71. The first-order chi connectivity index (χ1) is 14.1. The minimum atomic E-state index is -0.124. The molecule has 5 rings (SSSR count). The molecule has 3 aromatic rings. The molecule has 2 aromatic heterocycles. The van der Waals surface area contributed by atoms with Crippen LogP contribution in [-0.2, 0) is 12.5 Å². The standard InChI is InChI=1S/C21H24FN5OS.ClH/c1-14-18(28-13-23-14)19-24-25-20(26(19)2)29-8-4-7-27-11-16-10-21(16,12-27)15-5-3-6-17(22)9-15;/h3,5-6,9,13,16H,4,7-8,10-12H2,1-2H3;1H/t16-,21+;/m1./s1. The molecule has 9 heteroatoms. The molecule has 1 saturated heterocycles. The molecule has 1 aromatic carbocycles. The molecule has 1 saturated carbocycles. The van der Waals surface area contributed by atoms with E-state index in [9.17, 15) is 4.39 Å². The Labute approximate surface area is 185 Å². The number of aryl methyl sites for hydroxylation is 1. The minimum Gasteiger partial charge on any atom is -0.440 e. The first-order valence-corrected chi connectivity index (χ1v) is 11.0. The number of likely N-dealkylation sites (tertiary alicyclic amines) is 1. The maximum Gasteiger partial charge on any atom is 0.202 e. The Morgan fingerprint density at radius 3 is 2.97 bits per heavy atom. The van der Waals surface area contributed by atoms with E-state index in [0.717, 1.165) is 42.7 Å². The highest BCUT2D eigenvalue weighted by Crippen LogP contribution is 2.59. The average Bonchev–Trinajstić information content (AvgIpc) is 3.01. The van der Waals surface area contributed by atoms with Gasteiger partial charge in [-0.1, -0.05) is 23.9 Å². The van der Waals surface area contributed by atoms with Gasteiger partial charge in [-0.3, -0.25) is 0 Å². The van der Waals surface area contributed by atoms with Crippen molar-refractivity contribution in [1.82, 2.24) is 24.6 Å². The lowest BCUT2D eigenvalue weighted by Crippen LogP contribution is -2.28. The number of halogens is 2. The summed E-state index contributed by atoms with van der Waals surface area (Å²) in [5.41, 5.74) is 2.19. The lowest BCUT2D eigenvalue weighted by atomic mass is 9.95. The number of nitrogens with zero attached hydrogens (tertiary/aromatic N) is 5. The molecular formula is C21H25ClFN5OS. The van der Waals surface area contributed by atoms with Crippen LogP contribution in [0.5, 0.6) is 0 Å². The molecule has 160 valence electrons. The predicted octanol–water partition coefficient (Wildman–Crippen LogP) is 4.10. The fourth-order valence-corrected chi connectivity index (χ4v) is 5.44. The Balaban J connectivity index is 0.00000218. The van der Waals surface area contributed by atoms with E-state index in [1.54, 1.807) is 17.8 Å². The van der Waals surface area contributed by atoms with Crippen molar-refractivity contribution < 1.29 is 8.81 Å². The van der Waals surface area contributed by atoms with Crippen molar-refractivity contribution in [3.8, 4) is 11.6 Å². The summed E-state index contributed by atoms with van der Waals surface area (Å²) in [5.74, 6) is 2.92. The maximum atomic E-state index is 13.6. The third-order valence-electron chi connectivity index (χ3n) is 6.25. The SMILES string of the molecule is Cc1ncoc1-c1nnc(SCCCN2C[C@H]3C[C@@]3(c3cccc(F)c3)C2)n1C.Cl. The Hall–Kier alpha value is -1.90. The van der Waals surface area contributed by atoms with Gasteiger partial charge in [-0.05, 0) is 49.9 Å². The monoisotopic (exact) mass is 449 g/mol. The summed E-state index contributed by atoms with van der Waals surface area (Å²) in [4.78, 5) is 6.65. The number of hydrogen-bond acceptors (Lipinski definition) is 6. The van der Waals surface area contributed by atoms with Gasteiger partial charge < -0.3 is 13.9 Å². The largest absolute Gasteiger partial charge is 0.440 e. The van der Waals surface area contributed by atoms with Crippen LogP contribution in [0.25, 0.3) is 11.6 Å². The molecule has 0 amide bonds. The van der Waals surface area contributed by atoms with Crippen molar-refractivity contribution in [2.24, 2.45) is 13.0 Å². The van der Waals surface area contributed by atoms with Crippen LogP contribution in [0, 0.1) is 18.7 Å². The molecule has 30 heavy (non-hydrogen) atoms. The molecule has 2 aliphatic rings. The molecule has 0 unspecified atom stereocenters. The van der Waals surface area contributed by atoms with Crippen LogP contribution in [0.2, 0.25) is 0 Å². The third-order valence-corrected chi connectivity index (χ3v) is 7.36. The van der Waals surface area contributed by atoms with Gasteiger partial charge in [0.25, 0.3) is 0 Å². The third kappa shape index (κ3) is 3.76. The van der Waals surface area contributed by atoms with Crippen LogP contribution < -0.4 is 0 Å². The summed E-state index contributed by atoms with van der Waals surface area (Å²) in [6.45, 7) is 5.13. The molecule has 3 heterocycles. The van der Waals surface area contributed by atoms with E-state index < -0.39 is 0 Å². The molecule has 0 spiro atoms. The molecular weight excluding hydrogens is 425 g/mol. The highest BCUT2D eigenvalue weighted by atomic mass is 35.5. The second kappa shape index (κ2) is 8.32. The number of fused-ring (bicyclic) bond motifs is 1. The summed E-state index contributed by atoms with van der Waals surface area (Å²) in [6, 6.07) is 7.18. The highest BCUT2D eigenvalue weighted by Gasteiger charge is 2.60. The smallest absolute Gasteiger partial charge is 0.202 e. The number of thioether (sulfide) groups is 1. The van der Waals surface area contributed by atoms with Gasteiger partial charge in [0, 0.05) is 31.3 Å². The molecule has 6 nitrogen and oxygen atoms in total. The number of rotatable bonds is 7. The Kier molecular flexibility index (Phi) is 5.92. The normalized spacial score (nSPS) is 22.7. The van der Waals surface area contributed by atoms with Gasteiger partial charge in [0.2, 0.25) is 5.82 Å². The molecule has 0 N–H and O–H groups in total. The molecule has 1 aliphatic heterocycles.